The predicted molar refractivity (Wildman–Crippen MR) is 140 cm³/mol. The number of fused-ring (bicyclic) bond motifs is 1. The first kappa shape index (κ1) is 25.7. The highest BCUT2D eigenvalue weighted by Gasteiger charge is 2.16. The molecule has 0 aliphatic heterocycles. The largest absolute Gasteiger partial charge is 0.497 e. The van der Waals surface area contributed by atoms with Crippen molar-refractivity contribution in [2.45, 2.75) is 40.3 Å². The van der Waals surface area contributed by atoms with E-state index in [9.17, 15) is 9.90 Å². The van der Waals surface area contributed by atoms with Gasteiger partial charge in [0, 0.05) is 54.4 Å². The van der Waals surface area contributed by atoms with E-state index in [0.717, 1.165) is 35.3 Å². The van der Waals surface area contributed by atoms with Crippen molar-refractivity contribution in [3.05, 3.63) is 71.9 Å². The minimum absolute atomic E-state index is 0.0578. The molecule has 0 bridgehead atoms. The Labute approximate surface area is 203 Å². The number of rotatable bonds is 12. The molecule has 0 amide bonds. The van der Waals surface area contributed by atoms with E-state index < -0.39 is 6.10 Å². The minimum atomic E-state index is -0.480. The van der Waals surface area contributed by atoms with Crippen molar-refractivity contribution in [1.29, 1.82) is 0 Å². The van der Waals surface area contributed by atoms with E-state index in [0.29, 0.717) is 30.5 Å². The summed E-state index contributed by atoms with van der Waals surface area (Å²) in [7, 11) is 1.61. The van der Waals surface area contributed by atoms with Crippen LogP contribution < -0.4 is 4.74 Å². The van der Waals surface area contributed by atoms with Crippen LogP contribution in [0.5, 0.6) is 5.75 Å². The van der Waals surface area contributed by atoms with Crippen LogP contribution in [0, 0.1) is 11.8 Å². The van der Waals surface area contributed by atoms with Gasteiger partial charge in [0.25, 0.3) is 0 Å². The lowest BCUT2D eigenvalue weighted by Gasteiger charge is -2.28. The van der Waals surface area contributed by atoms with Gasteiger partial charge >= 0.3 is 0 Å². The third-order valence-electron chi connectivity index (χ3n) is 5.73. The maximum Gasteiger partial charge on any atom is 0.185 e. The number of nitrogens with zero attached hydrogens (tertiary/aromatic N) is 2. The molecule has 3 aromatic rings. The van der Waals surface area contributed by atoms with E-state index in [1.165, 1.54) is 0 Å². The molecule has 0 aliphatic rings. The second-order valence-electron chi connectivity index (χ2n) is 9.84. The fraction of sp³-hybridized carbons (Fsp3) is 0.414. The zero-order valence-corrected chi connectivity index (χ0v) is 21.1. The van der Waals surface area contributed by atoms with Gasteiger partial charge in [0.15, 0.2) is 5.78 Å². The second kappa shape index (κ2) is 12.0. The van der Waals surface area contributed by atoms with E-state index >= 15 is 0 Å². The summed E-state index contributed by atoms with van der Waals surface area (Å²) in [4.78, 5) is 15.0. The SMILES string of the molecule is COc1ccc(C(=O)/C=C/c2cn(CC(O)CN(CC(C)C)CC(C)C)c3ccccc23)cc1. The smallest absolute Gasteiger partial charge is 0.185 e. The Bertz CT molecular complexity index is 1090. The fourth-order valence-electron chi connectivity index (χ4n) is 4.42. The van der Waals surface area contributed by atoms with Crippen molar-refractivity contribution in [2.24, 2.45) is 11.8 Å². The molecule has 34 heavy (non-hydrogen) atoms. The number of methoxy groups -OCH3 is 1. The molecule has 0 saturated carbocycles. The normalized spacial score (nSPS) is 13.0. The molecule has 182 valence electrons. The van der Waals surface area contributed by atoms with Crippen LogP contribution in [0.25, 0.3) is 17.0 Å². The minimum Gasteiger partial charge on any atom is -0.497 e. The molecule has 0 radical (unpaired) electrons. The first-order valence-electron chi connectivity index (χ1n) is 12.1. The monoisotopic (exact) mass is 462 g/mol. The highest BCUT2D eigenvalue weighted by atomic mass is 16.5. The van der Waals surface area contributed by atoms with Crippen LogP contribution in [0.2, 0.25) is 0 Å². The molecular formula is C29H38N2O3. The van der Waals surface area contributed by atoms with E-state index in [1.807, 2.05) is 24.4 Å². The Morgan fingerprint density at radius 2 is 1.65 bits per heavy atom. The van der Waals surface area contributed by atoms with Gasteiger partial charge in [0.1, 0.15) is 5.75 Å². The highest BCUT2D eigenvalue weighted by Crippen LogP contribution is 2.23. The molecule has 1 aromatic heterocycles. The van der Waals surface area contributed by atoms with Crippen molar-refractivity contribution >= 4 is 22.8 Å². The third kappa shape index (κ3) is 7.05. The molecule has 0 fully saturated rings. The van der Waals surface area contributed by atoms with Crippen molar-refractivity contribution in [2.75, 3.05) is 26.7 Å². The van der Waals surface area contributed by atoms with Gasteiger partial charge in [-0.1, -0.05) is 45.9 Å². The Balaban J connectivity index is 1.77. The summed E-state index contributed by atoms with van der Waals surface area (Å²) in [5, 5.41) is 12.0. The van der Waals surface area contributed by atoms with Gasteiger partial charge < -0.3 is 19.3 Å². The van der Waals surface area contributed by atoms with Crippen LogP contribution in [-0.4, -0.2) is 53.2 Å². The van der Waals surface area contributed by atoms with Crippen LogP contribution >= 0.6 is 0 Å². The maximum atomic E-state index is 12.7. The summed E-state index contributed by atoms with van der Waals surface area (Å²) in [6.45, 7) is 12.0. The number of carbonyl (C=O) groups excluding carboxylic acids is 1. The topological polar surface area (TPSA) is 54.7 Å². The van der Waals surface area contributed by atoms with Gasteiger partial charge in [-0.15, -0.1) is 0 Å². The second-order valence-corrected chi connectivity index (χ2v) is 9.84. The van der Waals surface area contributed by atoms with Crippen LogP contribution in [0.4, 0.5) is 0 Å². The molecule has 5 nitrogen and oxygen atoms in total. The number of aliphatic hydroxyl groups excluding tert-OH is 1. The maximum absolute atomic E-state index is 12.7. The molecule has 0 saturated heterocycles. The number of benzene rings is 2. The molecular weight excluding hydrogens is 424 g/mol. The van der Waals surface area contributed by atoms with Crippen LogP contribution in [0.3, 0.4) is 0 Å². The lowest BCUT2D eigenvalue weighted by molar-refractivity contribution is 0.0869. The number of ether oxygens (including phenoxy) is 1. The van der Waals surface area contributed by atoms with Crippen molar-refractivity contribution in [3.63, 3.8) is 0 Å². The molecule has 2 aromatic carbocycles. The van der Waals surface area contributed by atoms with Crippen molar-refractivity contribution in [1.82, 2.24) is 9.47 Å². The number of ketones is 1. The summed E-state index contributed by atoms with van der Waals surface area (Å²) in [5.74, 6) is 1.77. The van der Waals surface area contributed by atoms with Gasteiger partial charge in [0.05, 0.1) is 13.2 Å². The van der Waals surface area contributed by atoms with E-state index in [-0.39, 0.29) is 5.78 Å². The lowest BCUT2D eigenvalue weighted by Crippen LogP contribution is -2.39. The van der Waals surface area contributed by atoms with Crippen LogP contribution in [0.1, 0.15) is 43.6 Å². The Kier molecular flexibility index (Phi) is 9.08. The van der Waals surface area contributed by atoms with Crippen LogP contribution in [-0.2, 0) is 6.54 Å². The third-order valence-corrected chi connectivity index (χ3v) is 5.73. The number of hydrogen-bond acceptors (Lipinski definition) is 4. The van der Waals surface area contributed by atoms with Crippen molar-refractivity contribution in [3.8, 4) is 5.75 Å². The highest BCUT2D eigenvalue weighted by molar-refractivity contribution is 6.07. The number of allylic oxidation sites excluding steroid dienone is 1. The lowest BCUT2D eigenvalue weighted by atomic mass is 10.1. The van der Waals surface area contributed by atoms with Gasteiger partial charge in [-0.3, -0.25) is 4.79 Å². The van der Waals surface area contributed by atoms with Gasteiger partial charge in [-0.2, -0.15) is 0 Å². The van der Waals surface area contributed by atoms with Gasteiger partial charge in [0.2, 0.25) is 0 Å². The van der Waals surface area contributed by atoms with Crippen molar-refractivity contribution < 1.29 is 14.6 Å². The Morgan fingerprint density at radius 3 is 2.26 bits per heavy atom. The molecule has 0 spiro atoms. The molecule has 1 heterocycles. The van der Waals surface area contributed by atoms with E-state index in [2.05, 4.69) is 49.3 Å². The first-order chi connectivity index (χ1) is 16.3. The van der Waals surface area contributed by atoms with Crippen LogP contribution in [0.15, 0.2) is 60.8 Å². The molecule has 1 unspecified atom stereocenters. The Hall–Kier alpha value is -2.89. The number of para-hydroxylation sites is 1. The quantitative estimate of drug-likeness (QED) is 0.284. The molecule has 1 atom stereocenters. The molecule has 1 N–H and O–H groups in total. The summed E-state index contributed by atoms with van der Waals surface area (Å²) in [5.41, 5.74) is 2.63. The summed E-state index contributed by atoms with van der Waals surface area (Å²) in [6, 6.07) is 15.2. The summed E-state index contributed by atoms with van der Waals surface area (Å²) < 4.78 is 7.26. The zero-order valence-electron chi connectivity index (χ0n) is 21.1. The van der Waals surface area contributed by atoms with Gasteiger partial charge in [-0.25, -0.2) is 0 Å². The molecule has 0 aliphatic carbocycles. The Morgan fingerprint density at radius 1 is 1.00 bits per heavy atom. The number of aliphatic hydroxyl groups is 1. The first-order valence-corrected chi connectivity index (χ1v) is 12.1. The summed E-state index contributed by atoms with van der Waals surface area (Å²) >= 11 is 0. The fourth-order valence-corrected chi connectivity index (χ4v) is 4.42. The molecule has 3 rings (SSSR count). The van der Waals surface area contributed by atoms with E-state index in [1.54, 1.807) is 37.5 Å². The number of aromatic nitrogens is 1. The average Bonchev–Trinajstić information content (AvgIpc) is 3.14. The van der Waals surface area contributed by atoms with E-state index in [4.69, 9.17) is 4.74 Å². The number of carbonyl (C=O) groups is 1. The zero-order chi connectivity index (χ0) is 24.7. The standard InChI is InChI=1S/C29H38N2O3/c1-21(2)16-30(17-22(3)4)19-25(32)20-31-18-24(27-8-6-7-9-28(27)31)12-15-29(33)23-10-13-26(34-5)14-11-23/h6-15,18,21-22,25,32H,16-17,19-20H2,1-5H3/b15-12+. The summed E-state index contributed by atoms with van der Waals surface area (Å²) in [6.07, 6.45) is 5.02. The predicted octanol–water partition coefficient (Wildman–Crippen LogP) is 5.52. The molecule has 5 heteroatoms. The van der Waals surface area contributed by atoms with Gasteiger partial charge in [-0.05, 0) is 54.3 Å². The number of hydrogen-bond donors (Lipinski definition) is 1. The average molecular weight is 463 g/mol.